The van der Waals surface area contributed by atoms with Crippen molar-refractivity contribution in [2.24, 2.45) is 20.5 Å². The van der Waals surface area contributed by atoms with E-state index in [-0.39, 0.29) is 16.6 Å². The van der Waals surface area contributed by atoms with Crippen LogP contribution >= 0.6 is 12.0 Å². The molecule has 0 bridgehead atoms. The third-order valence-corrected chi connectivity index (χ3v) is 7.76. The number of fused-ring (bicyclic) bond motifs is 3. The summed E-state index contributed by atoms with van der Waals surface area (Å²) in [5.74, 6) is -0.407. The first-order chi connectivity index (χ1) is 20.8. The SMILES string of the molecule is O=S(=O)(O)c1cc(/N=N/c2ccc(/N=N/c3ccc(SOOO)c4cccnc34)c3cccnc23)c(O)c2ncccc12. The van der Waals surface area contributed by atoms with E-state index in [4.69, 9.17) is 5.26 Å². The number of azo groups is 2. The molecule has 0 saturated carbocycles. The van der Waals surface area contributed by atoms with E-state index in [0.29, 0.717) is 43.8 Å². The van der Waals surface area contributed by atoms with Crippen molar-refractivity contribution in [3.63, 3.8) is 0 Å². The van der Waals surface area contributed by atoms with Gasteiger partial charge in [0.1, 0.15) is 27.5 Å². The number of hydrogen-bond donors (Lipinski definition) is 3. The lowest BCUT2D eigenvalue weighted by molar-refractivity contribution is -0.432. The Kier molecular flexibility index (Phi) is 7.68. The smallest absolute Gasteiger partial charge is 0.295 e. The standard InChI is InChI=1S/C27H17N7O7S2/c35-27-21(14-23(43(37,38)39)17-6-3-13-30-26(17)27)34-33-19-8-7-18(15-4-1-11-28-24(15)19)31-32-20-9-10-22(42-41-40-36)16-5-2-12-29-25(16)20/h1-14,35-36H,(H,37,38,39)/b32-31+,34-33+. The van der Waals surface area contributed by atoms with Crippen LogP contribution in [0.15, 0.2) is 116 Å². The second-order valence-corrected chi connectivity index (χ2v) is 10.9. The molecule has 0 atom stereocenters. The Morgan fingerprint density at radius 3 is 1.88 bits per heavy atom. The minimum Gasteiger partial charge on any atom is -0.504 e. The third kappa shape index (κ3) is 5.61. The van der Waals surface area contributed by atoms with Gasteiger partial charge in [-0.3, -0.25) is 19.5 Å². The predicted molar refractivity (Wildman–Crippen MR) is 156 cm³/mol. The van der Waals surface area contributed by atoms with Gasteiger partial charge in [-0.1, -0.05) is 5.04 Å². The molecule has 0 saturated heterocycles. The maximum absolute atomic E-state index is 12.0. The van der Waals surface area contributed by atoms with Gasteiger partial charge in [-0.25, -0.2) is 5.26 Å². The second-order valence-electron chi connectivity index (χ2n) is 8.73. The van der Waals surface area contributed by atoms with Crippen molar-refractivity contribution in [2.45, 2.75) is 9.79 Å². The zero-order valence-electron chi connectivity index (χ0n) is 21.5. The Hall–Kier alpha value is -4.97. The monoisotopic (exact) mass is 615 g/mol. The average molecular weight is 616 g/mol. The fourth-order valence-electron chi connectivity index (χ4n) is 4.34. The molecule has 3 aromatic carbocycles. The van der Waals surface area contributed by atoms with Crippen LogP contribution < -0.4 is 0 Å². The topological polar surface area (TPSA) is 201 Å². The summed E-state index contributed by atoms with van der Waals surface area (Å²) in [5.41, 5.74) is 1.90. The number of aromatic hydroxyl groups is 1. The molecule has 0 aliphatic rings. The molecule has 3 heterocycles. The fraction of sp³-hybridized carbons (Fsp3) is 0. The molecular weight excluding hydrogens is 598 g/mol. The minimum absolute atomic E-state index is 0.0344. The number of phenols is 1. The first-order valence-corrected chi connectivity index (χ1v) is 14.3. The maximum atomic E-state index is 12.0. The van der Waals surface area contributed by atoms with Crippen molar-refractivity contribution < 1.29 is 32.7 Å². The van der Waals surface area contributed by atoms with Gasteiger partial charge in [-0.05, 0) is 66.7 Å². The Morgan fingerprint density at radius 1 is 0.674 bits per heavy atom. The van der Waals surface area contributed by atoms with Crippen molar-refractivity contribution >= 4 is 77.6 Å². The third-order valence-electron chi connectivity index (χ3n) is 6.20. The maximum Gasteiger partial charge on any atom is 0.295 e. The molecular formula is C27H17N7O7S2. The summed E-state index contributed by atoms with van der Waals surface area (Å²) in [4.78, 5) is 13.0. The lowest BCUT2D eigenvalue weighted by Gasteiger charge is -2.08. The van der Waals surface area contributed by atoms with Crippen molar-refractivity contribution in [3.05, 3.63) is 85.3 Å². The number of benzene rings is 3. The molecule has 0 fully saturated rings. The zero-order chi connectivity index (χ0) is 30.0. The molecule has 214 valence electrons. The Balaban J connectivity index is 1.39. The highest BCUT2D eigenvalue weighted by Gasteiger charge is 2.20. The molecule has 0 aliphatic carbocycles. The molecule has 14 nitrogen and oxygen atoms in total. The largest absolute Gasteiger partial charge is 0.504 e. The second kappa shape index (κ2) is 11.7. The van der Waals surface area contributed by atoms with E-state index in [2.05, 4.69) is 44.8 Å². The van der Waals surface area contributed by atoms with Crippen LogP contribution in [-0.2, 0) is 19.5 Å². The minimum atomic E-state index is -4.66. The molecule has 6 aromatic rings. The van der Waals surface area contributed by atoms with Crippen molar-refractivity contribution in [1.82, 2.24) is 15.0 Å². The quantitative estimate of drug-likeness (QED) is 0.0501. The van der Waals surface area contributed by atoms with E-state index >= 15 is 0 Å². The van der Waals surface area contributed by atoms with Crippen LogP contribution in [0, 0.1) is 0 Å². The summed E-state index contributed by atoms with van der Waals surface area (Å²) in [6.45, 7) is 0. The summed E-state index contributed by atoms with van der Waals surface area (Å²) < 4.78 is 38.3. The van der Waals surface area contributed by atoms with E-state index in [9.17, 15) is 18.1 Å². The van der Waals surface area contributed by atoms with Gasteiger partial charge in [0.15, 0.2) is 5.75 Å². The van der Waals surface area contributed by atoms with Crippen LogP contribution in [0.1, 0.15) is 0 Å². The van der Waals surface area contributed by atoms with Gasteiger partial charge in [0.25, 0.3) is 10.1 Å². The highest BCUT2D eigenvalue weighted by Crippen LogP contribution is 2.40. The van der Waals surface area contributed by atoms with Crippen LogP contribution in [0.25, 0.3) is 32.7 Å². The van der Waals surface area contributed by atoms with Crippen LogP contribution in [0.4, 0.5) is 22.7 Å². The van der Waals surface area contributed by atoms with Gasteiger partial charge in [-0.15, -0.1) is 24.8 Å². The summed E-state index contributed by atoms with van der Waals surface area (Å²) in [6.07, 6.45) is 4.54. The number of phenolic OH excluding ortho intramolecular Hbond substituents is 1. The Morgan fingerprint density at radius 2 is 1.21 bits per heavy atom. The van der Waals surface area contributed by atoms with Crippen LogP contribution in [-0.4, -0.2) is 38.3 Å². The Bertz CT molecular complexity index is 2200. The normalized spacial score (nSPS) is 12.3. The highest BCUT2D eigenvalue weighted by atomic mass is 32.2. The fourth-order valence-corrected chi connectivity index (χ4v) is 5.52. The number of aromatic nitrogens is 3. The summed E-state index contributed by atoms with van der Waals surface area (Å²) >= 11 is 0.809. The molecule has 0 spiro atoms. The van der Waals surface area contributed by atoms with E-state index in [1.165, 1.54) is 18.3 Å². The zero-order valence-corrected chi connectivity index (χ0v) is 23.1. The molecule has 16 heteroatoms. The van der Waals surface area contributed by atoms with Crippen molar-refractivity contribution in [1.29, 1.82) is 0 Å². The molecule has 3 N–H and O–H groups in total. The van der Waals surface area contributed by atoms with Crippen molar-refractivity contribution in [2.75, 3.05) is 0 Å². The van der Waals surface area contributed by atoms with E-state index < -0.39 is 20.8 Å². The average Bonchev–Trinajstić information content (AvgIpc) is 3.02. The summed E-state index contributed by atoms with van der Waals surface area (Å²) in [7, 11) is -4.66. The van der Waals surface area contributed by atoms with Gasteiger partial charge in [0, 0.05) is 39.6 Å². The molecule has 3 aromatic heterocycles. The van der Waals surface area contributed by atoms with Gasteiger partial charge >= 0.3 is 0 Å². The number of nitrogens with zero attached hydrogens (tertiary/aromatic N) is 7. The molecule has 6 rings (SSSR count). The predicted octanol–water partition coefficient (Wildman–Crippen LogP) is 7.54. The van der Waals surface area contributed by atoms with Gasteiger partial charge < -0.3 is 5.11 Å². The molecule has 0 amide bonds. The lowest BCUT2D eigenvalue weighted by atomic mass is 10.1. The van der Waals surface area contributed by atoms with E-state index in [0.717, 1.165) is 18.1 Å². The van der Waals surface area contributed by atoms with E-state index in [1.807, 2.05) is 6.07 Å². The van der Waals surface area contributed by atoms with Crippen molar-refractivity contribution in [3.8, 4) is 5.75 Å². The van der Waals surface area contributed by atoms with Crippen LogP contribution in [0.3, 0.4) is 0 Å². The summed E-state index contributed by atoms with van der Waals surface area (Å²) in [5, 5.41) is 41.3. The molecule has 0 unspecified atom stereocenters. The first kappa shape index (κ1) is 28.2. The molecule has 0 aliphatic heterocycles. The van der Waals surface area contributed by atoms with Gasteiger partial charge in [-0.2, -0.15) is 8.42 Å². The van der Waals surface area contributed by atoms with Gasteiger partial charge in [0.2, 0.25) is 0 Å². The highest BCUT2D eigenvalue weighted by molar-refractivity contribution is 7.94. The number of hydrogen-bond acceptors (Lipinski definition) is 14. The Labute approximate surface area is 246 Å². The first-order valence-electron chi connectivity index (χ1n) is 12.2. The van der Waals surface area contributed by atoms with Gasteiger partial charge in [0.05, 0.1) is 28.8 Å². The number of rotatable bonds is 8. The number of pyridine rings is 3. The summed E-state index contributed by atoms with van der Waals surface area (Å²) in [6, 6.07) is 17.6. The molecule has 43 heavy (non-hydrogen) atoms. The van der Waals surface area contributed by atoms with Crippen LogP contribution in [0.2, 0.25) is 0 Å². The molecule has 0 radical (unpaired) electrons. The van der Waals surface area contributed by atoms with Crippen LogP contribution in [0.5, 0.6) is 5.75 Å². The van der Waals surface area contributed by atoms with E-state index in [1.54, 1.807) is 54.9 Å². The lowest BCUT2D eigenvalue weighted by Crippen LogP contribution is -1.99.